The Hall–Kier alpha value is -7.24. The summed E-state index contributed by atoms with van der Waals surface area (Å²) in [7, 11) is -12.0. The SMILES string of the molecule is O=C(OCc1ccccc1)C(C1(O)C(OCc2ccccc2)C(OCc2ccccc2)C(OCc2ccccc2)C(OCc2ccccc2)C1(O)C(C(=O)OCc1ccccc1)P(=O)(O)OCc1ccccc1)P(=O)(O)OCc1ccccc1. The summed E-state index contributed by atoms with van der Waals surface area (Å²) in [6, 6.07) is 67.6. The Morgan fingerprint density at radius 3 is 0.774 bits per heavy atom. The van der Waals surface area contributed by atoms with E-state index in [2.05, 4.69) is 0 Å². The van der Waals surface area contributed by atoms with Crippen LogP contribution in [0.1, 0.15) is 44.5 Å². The van der Waals surface area contributed by atoms with Crippen molar-refractivity contribution in [1.29, 1.82) is 0 Å². The molecular weight excluding hydrogens is 1110 g/mol. The van der Waals surface area contributed by atoms with E-state index in [1.807, 2.05) is 0 Å². The summed E-state index contributed by atoms with van der Waals surface area (Å²) in [6.45, 7) is -4.09. The number of ether oxygens (including phenoxy) is 6. The molecule has 1 fully saturated rings. The normalized spacial score (nSPS) is 21.7. The Morgan fingerprint density at radius 1 is 0.333 bits per heavy atom. The molecule has 436 valence electrons. The zero-order valence-electron chi connectivity index (χ0n) is 45.8. The Kier molecular flexibility index (Phi) is 21.2. The van der Waals surface area contributed by atoms with E-state index in [1.54, 1.807) is 243 Å². The highest BCUT2D eigenvalue weighted by Gasteiger charge is 2.82. The Labute approximate surface area is 488 Å². The van der Waals surface area contributed by atoms with Gasteiger partial charge in [-0.2, -0.15) is 0 Å². The fourth-order valence-corrected chi connectivity index (χ4v) is 13.6. The van der Waals surface area contributed by atoms with Crippen LogP contribution in [-0.2, 0) is 109 Å². The van der Waals surface area contributed by atoms with E-state index in [4.69, 9.17) is 37.5 Å². The average Bonchev–Trinajstić information content (AvgIpc) is 0.701. The Balaban J connectivity index is 1.36. The first-order valence-corrected chi connectivity index (χ1v) is 30.6. The monoisotopic (exact) mass is 1180 g/mol. The fourth-order valence-electron chi connectivity index (χ4n) is 10.3. The predicted molar refractivity (Wildman–Crippen MR) is 312 cm³/mol. The van der Waals surface area contributed by atoms with Gasteiger partial charge in [0.2, 0.25) is 0 Å². The summed E-state index contributed by atoms with van der Waals surface area (Å²) in [5.74, 6) is -3.35. The van der Waals surface area contributed by atoms with Gasteiger partial charge in [-0.3, -0.25) is 18.7 Å². The molecule has 1 aliphatic rings. The zero-order valence-corrected chi connectivity index (χ0v) is 47.6. The quantitative estimate of drug-likeness (QED) is 0.0264. The first kappa shape index (κ1) is 61.3. The minimum atomic E-state index is -6.01. The van der Waals surface area contributed by atoms with E-state index in [0.29, 0.717) is 44.5 Å². The maximum absolute atomic E-state index is 16.1. The van der Waals surface area contributed by atoms with Crippen LogP contribution in [0, 0.1) is 0 Å². The van der Waals surface area contributed by atoms with Crippen LogP contribution in [0.5, 0.6) is 0 Å². The van der Waals surface area contributed by atoms with Gasteiger partial charge in [0.15, 0.2) is 22.5 Å². The van der Waals surface area contributed by atoms with Crippen molar-refractivity contribution in [2.24, 2.45) is 0 Å². The van der Waals surface area contributed by atoms with Crippen molar-refractivity contribution in [2.75, 3.05) is 0 Å². The average molecular weight is 1180 g/mol. The predicted octanol–water partition coefficient (Wildman–Crippen LogP) is 10.8. The summed E-state index contributed by atoms with van der Waals surface area (Å²) in [5.41, 5.74) is -10.6. The number of hydrogen-bond donors (Lipinski definition) is 4. The van der Waals surface area contributed by atoms with Gasteiger partial charge in [0.25, 0.3) is 0 Å². The lowest BCUT2D eigenvalue weighted by Gasteiger charge is -2.61. The van der Waals surface area contributed by atoms with Crippen LogP contribution in [-0.4, -0.2) is 78.9 Å². The number of esters is 2. The highest BCUT2D eigenvalue weighted by atomic mass is 31.2. The largest absolute Gasteiger partial charge is 0.460 e. The van der Waals surface area contributed by atoms with E-state index >= 15 is 28.9 Å². The van der Waals surface area contributed by atoms with Crippen LogP contribution in [0.4, 0.5) is 0 Å². The van der Waals surface area contributed by atoms with Gasteiger partial charge in [-0.1, -0.05) is 243 Å². The number of benzene rings is 8. The second-order valence-corrected chi connectivity index (χ2v) is 24.1. The smallest absolute Gasteiger partial charge is 0.345 e. The molecule has 1 aliphatic carbocycles. The van der Waals surface area contributed by atoms with Gasteiger partial charge in [0, 0.05) is 0 Å². The molecule has 84 heavy (non-hydrogen) atoms. The molecule has 9 rings (SSSR count). The molecule has 8 aromatic rings. The lowest BCUT2D eigenvalue weighted by molar-refractivity contribution is -0.343. The van der Waals surface area contributed by atoms with Crippen molar-refractivity contribution in [2.45, 2.75) is 99.8 Å². The summed E-state index contributed by atoms with van der Waals surface area (Å²) < 4.78 is 83.7. The molecule has 16 nitrogen and oxygen atoms in total. The third kappa shape index (κ3) is 15.2. The molecule has 10 atom stereocenters. The number of carbonyl (C=O) groups excluding carboxylic acids is 2. The Morgan fingerprint density at radius 2 is 0.536 bits per heavy atom. The van der Waals surface area contributed by atoms with Crippen molar-refractivity contribution >= 4 is 27.1 Å². The van der Waals surface area contributed by atoms with E-state index in [0.717, 1.165) is 0 Å². The first-order chi connectivity index (χ1) is 40.8. The number of rotatable bonds is 28. The molecule has 0 saturated heterocycles. The summed E-state index contributed by atoms with van der Waals surface area (Å²) in [5, 5.41) is 30.2. The van der Waals surface area contributed by atoms with Crippen LogP contribution in [0.3, 0.4) is 0 Å². The minimum Gasteiger partial charge on any atom is -0.460 e. The minimum absolute atomic E-state index is 0.298. The molecule has 8 aromatic carbocycles. The summed E-state index contributed by atoms with van der Waals surface area (Å²) >= 11 is 0. The third-order valence-corrected chi connectivity index (χ3v) is 18.0. The molecular formula is C66H66O16P2. The van der Waals surface area contributed by atoms with Gasteiger partial charge < -0.3 is 57.5 Å². The lowest BCUT2D eigenvalue weighted by atomic mass is 9.62. The van der Waals surface area contributed by atoms with Gasteiger partial charge in [-0.05, 0) is 44.5 Å². The van der Waals surface area contributed by atoms with E-state index in [1.165, 1.54) is 0 Å². The van der Waals surface area contributed by atoms with Crippen LogP contribution in [0.25, 0.3) is 0 Å². The fraction of sp³-hybridized carbons (Fsp3) is 0.242. The van der Waals surface area contributed by atoms with Crippen LogP contribution in [0.15, 0.2) is 243 Å². The summed E-state index contributed by atoms with van der Waals surface area (Å²) in [4.78, 5) is 57.7. The molecule has 0 radical (unpaired) electrons. The van der Waals surface area contributed by atoms with Gasteiger partial charge in [-0.25, -0.2) is 0 Å². The zero-order chi connectivity index (χ0) is 58.8. The van der Waals surface area contributed by atoms with Crippen LogP contribution in [0.2, 0.25) is 0 Å². The maximum Gasteiger partial charge on any atom is 0.345 e. The van der Waals surface area contributed by atoms with Crippen LogP contribution < -0.4 is 0 Å². The van der Waals surface area contributed by atoms with Gasteiger partial charge in [0.05, 0.1) is 39.6 Å². The highest BCUT2D eigenvalue weighted by molar-refractivity contribution is 7.55. The molecule has 0 bridgehead atoms. The molecule has 0 spiro atoms. The van der Waals surface area contributed by atoms with Crippen molar-refractivity contribution in [3.05, 3.63) is 287 Å². The van der Waals surface area contributed by atoms with E-state index in [-0.39, 0.29) is 13.2 Å². The topological polar surface area (TPSA) is 223 Å². The van der Waals surface area contributed by atoms with Crippen molar-refractivity contribution in [1.82, 2.24) is 0 Å². The standard InChI is InChI=1S/C66H66O16P2/c67-63(79-45-53-33-17-5-18-34-53)61(83(71,72)81-47-55-37-21-7-22-38-55)65(69)59(77-43-51-29-13-3-14-30-51)57(75-41-49-25-9-1-10-26-49)58(76-42-50-27-11-2-12-28-50)60(78-44-52-31-15-4-16-32-52)66(65,70)62(64(68)80-46-54-35-19-6-20-36-54)84(73,74)82-48-56-39-23-8-24-40-56/h1-40,57-62,69-70H,41-48H2,(H,71,72)(H,73,74). The van der Waals surface area contributed by atoms with Crippen molar-refractivity contribution in [3.8, 4) is 0 Å². The lowest BCUT2D eigenvalue weighted by Crippen LogP contribution is -2.86. The Bertz CT molecular complexity index is 3170. The first-order valence-electron chi connectivity index (χ1n) is 27.3. The molecule has 4 N–H and O–H groups in total. The molecule has 1 saturated carbocycles. The molecule has 0 aromatic heterocycles. The number of carbonyl (C=O) groups is 2. The molecule has 0 amide bonds. The van der Waals surface area contributed by atoms with Crippen LogP contribution >= 0.6 is 15.2 Å². The van der Waals surface area contributed by atoms with Crippen molar-refractivity contribution in [3.63, 3.8) is 0 Å². The van der Waals surface area contributed by atoms with E-state index < -0.39 is 114 Å². The second-order valence-electron chi connectivity index (χ2n) is 20.2. The highest BCUT2D eigenvalue weighted by Crippen LogP contribution is 2.65. The molecule has 0 aliphatic heterocycles. The molecule has 10 unspecified atom stereocenters. The summed E-state index contributed by atoms with van der Waals surface area (Å²) in [6.07, 6.45) is -8.41. The molecule has 0 heterocycles. The number of hydrogen-bond acceptors (Lipinski definition) is 14. The van der Waals surface area contributed by atoms with Gasteiger partial charge >= 0.3 is 27.1 Å². The maximum atomic E-state index is 16.1. The van der Waals surface area contributed by atoms with Gasteiger partial charge in [0.1, 0.15) is 37.6 Å². The van der Waals surface area contributed by atoms with E-state index in [9.17, 15) is 9.79 Å². The molecule has 18 heteroatoms. The second kappa shape index (κ2) is 29.0. The third-order valence-electron chi connectivity index (χ3n) is 14.4. The van der Waals surface area contributed by atoms with Gasteiger partial charge in [-0.15, -0.1) is 0 Å². The number of aliphatic hydroxyl groups is 2. The van der Waals surface area contributed by atoms with Crippen molar-refractivity contribution < 1.29 is 76.2 Å².